The maximum Gasteiger partial charge on any atom is 0.267 e. The Hall–Kier alpha value is -2.59. The predicted molar refractivity (Wildman–Crippen MR) is 106 cm³/mol. The van der Waals surface area contributed by atoms with Gasteiger partial charge in [0.25, 0.3) is 10.0 Å². The Labute approximate surface area is 167 Å². The van der Waals surface area contributed by atoms with E-state index in [2.05, 4.69) is 19.8 Å². The van der Waals surface area contributed by atoms with E-state index in [0.29, 0.717) is 11.4 Å². The van der Waals surface area contributed by atoms with Crippen LogP contribution in [0.3, 0.4) is 0 Å². The molecular weight excluding hydrogens is 398 g/mol. The van der Waals surface area contributed by atoms with Crippen molar-refractivity contribution in [2.75, 3.05) is 0 Å². The lowest BCUT2D eigenvalue weighted by molar-refractivity contribution is -0.118. The molecule has 148 valence electrons. The number of rotatable bonds is 5. The van der Waals surface area contributed by atoms with E-state index in [-0.39, 0.29) is 11.3 Å². The number of carbonyl (C=O) groups is 1. The number of hydrogen-bond acceptors (Lipinski definition) is 7. The number of amides is 1. The Morgan fingerprint density at radius 3 is 2.71 bits per heavy atom. The third-order valence-corrected chi connectivity index (χ3v) is 6.16. The molecule has 0 saturated heterocycles. The first-order chi connectivity index (χ1) is 13.1. The van der Waals surface area contributed by atoms with Gasteiger partial charge in [0.1, 0.15) is 9.90 Å². The molecule has 3 aromatic rings. The lowest BCUT2D eigenvalue weighted by Gasteiger charge is -2.17. The fraction of sp³-hybridized carbons (Fsp3) is 0.333. The molecule has 0 bridgehead atoms. The second-order valence-electron chi connectivity index (χ2n) is 7.36. The van der Waals surface area contributed by atoms with Crippen molar-refractivity contribution in [1.82, 2.24) is 24.5 Å². The number of aryl methyl sites for hydroxylation is 1. The van der Waals surface area contributed by atoms with Crippen molar-refractivity contribution < 1.29 is 13.2 Å². The minimum absolute atomic E-state index is 0.00479. The van der Waals surface area contributed by atoms with Crippen molar-refractivity contribution in [1.29, 1.82) is 0 Å². The molecule has 0 aliphatic heterocycles. The monoisotopic (exact) mass is 419 g/mol. The molecule has 3 rings (SSSR count). The van der Waals surface area contributed by atoms with Crippen molar-refractivity contribution in [3.8, 4) is 10.6 Å². The molecular formula is C18H21N5O3S2. The molecule has 1 amide bonds. The number of pyridine rings is 1. The first-order valence-electron chi connectivity index (χ1n) is 8.51. The maximum absolute atomic E-state index is 12.7. The quantitative estimate of drug-likeness (QED) is 0.680. The highest BCUT2D eigenvalue weighted by molar-refractivity contribution is 7.90. The highest BCUT2D eigenvalue weighted by atomic mass is 32.2. The molecule has 0 atom stereocenters. The lowest BCUT2D eigenvalue weighted by Crippen LogP contribution is -2.33. The molecule has 1 N–H and O–H groups in total. The van der Waals surface area contributed by atoms with Gasteiger partial charge in [0.2, 0.25) is 5.91 Å². The molecule has 0 spiro atoms. The average molecular weight is 420 g/mol. The Morgan fingerprint density at radius 2 is 2.07 bits per heavy atom. The van der Waals surface area contributed by atoms with Gasteiger partial charge in [-0.1, -0.05) is 20.8 Å². The molecule has 0 saturated carbocycles. The number of hydrogen-bond donors (Lipinski definition) is 1. The average Bonchev–Trinajstić information content (AvgIpc) is 3.22. The van der Waals surface area contributed by atoms with Gasteiger partial charge in [-0.25, -0.2) is 18.1 Å². The summed E-state index contributed by atoms with van der Waals surface area (Å²) in [6.45, 7) is 5.60. The summed E-state index contributed by atoms with van der Waals surface area (Å²) >= 11 is 1.37. The summed E-state index contributed by atoms with van der Waals surface area (Å²) in [5.74, 6) is -0.647. The van der Waals surface area contributed by atoms with Crippen molar-refractivity contribution in [2.45, 2.75) is 37.5 Å². The second-order valence-corrected chi connectivity index (χ2v) is 9.87. The number of sulfonamides is 1. The van der Waals surface area contributed by atoms with Crippen LogP contribution in [0.25, 0.3) is 10.6 Å². The topological polar surface area (TPSA) is 107 Å². The van der Waals surface area contributed by atoms with Crippen LogP contribution in [-0.4, -0.2) is 34.1 Å². The van der Waals surface area contributed by atoms with Crippen LogP contribution in [0.5, 0.6) is 0 Å². The van der Waals surface area contributed by atoms with Crippen LogP contribution in [0.2, 0.25) is 0 Å². The third-order valence-electron chi connectivity index (χ3n) is 3.85. The summed E-state index contributed by atoms with van der Waals surface area (Å²) < 4.78 is 29.0. The minimum atomic E-state index is -4.04. The van der Waals surface area contributed by atoms with Crippen LogP contribution in [-0.2, 0) is 33.7 Å². The summed E-state index contributed by atoms with van der Waals surface area (Å²) in [7, 11) is -2.39. The predicted octanol–water partition coefficient (Wildman–Crippen LogP) is 2.28. The van der Waals surface area contributed by atoms with Gasteiger partial charge in [-0.15, -0.1) is 11.3 Å². The van der Waals surface area contributed by atoms with Gasteiger partial charge in [-0.05, 0) is 12.1 Å². The molecule has 0 unspecified atom stereocenters. The van der Waals surface area contributed by atoms with E-state index in [0.717, 1.165) is 10.6 Å². The van der Waals surface area contributed by atoms with E-state index in [9.17, 15) is 13.2 Å². The van der Waals surface area contributed by atoms with Gasteiger partial charge >= 0.3 is 0 Å². The molecule has 28 heavy (non-hydrogen) atoms. The van der Waals surface area contributed by atoms with E-state index in [4.69, 9.17) is 0 Å². The van der Waals surface area contributed by atoms with E-state index in [1.165, 1.54) is 22.2 Å². The van der Waals surface area contributed by atoms with Gasteiger partial charge in [-0.3, -0.25) is 14.5 Å². The zero-order chi connectivity index (χ0) is 20.5. The zero-order valence-corrected chi connectivity index (χ0v) is 17.6. The van der Waals surface area contributed by atoms with E-state index in [1.54, 1.807) is 30.9 Å². The number of nitrogens with one attached hydrogen (secondary N) is 1. The van der Waals surface area contributed by atoms with Crippen molar-refractivity contribution >= 4 is 27.3 Å². The smallest absolute Gasteiger partial charge is 0.267 e. The molecule has 0 aliphatic rings. The summed E-state index contributed by atoms with van der Waals surface area (Å²) in [4.78, 5) is 20.8. The van der Waals surface area contributed by atoms with Crippen molar-refractivity contribution in [3.05, 3.63) is 47.5 Å². The zero-order valence-electron chi connectivity index (χ0n) is 16.0. The van der Waals surface area contributed by atoms with Crippen molar-refractivity contribution in [3.63, 3.8) is 0 Å². The van der Waals surface area contributed by atoms with Gasteiger partial charge < -0.3 is 0 Å². The summed E-state index contributed by atoms with van der Waals surface area (Å²) in [5.41, 5.74) is 1.26. The van der Waals surface area contributed by atoms with Crippen molar-refractivity contribution in [2.24, 2.45) is 7.05 Å². The highest BCUT2D eigenvalue weighted by Crippen LogP contribution is 2.27. The van der Waals surface area contributed by atoms with Gasteiger partial charge in [0.15, 0.2) is 0 Å². The van der Waals surface area contributed by atoms with E-state index in [1.807, 2.05) is 26.8 Å². The fourth-order valence-corrected chi connectivity index (χ4v) is 4.78. The van der Waals surface area contributed by atoms with Crippen LogP contribution in [0, 0.1) is 0 Å². The summed E-state index contributed by atoms with van der Waals surface area (Å²) in [6, 6.07) is 3.67. The van der Waals surface area contributed by atoms with Gasteiger partial charge in [0, 0.05) is 42.0 Å². The Morgan fingerprint density at radius 1 is 1.32 bits per heavy atom. The second kappa shape index (κ2) is 7.44. The van der Waals surface area contributed by atoms with Gasteiger partial charge in [-0.2, -0.15) is 5.10 Å². The third kappa shape index (κ3) is 4.45. The van der Waals surface area contributed by atoms with Gasteiger partial charge in [0.05, 0.1) is 17.8 Å². The first kappa shape index (κ1) is 20.2. The molecule has 3 heterocycles. The highest BCUT2D eigenvalue weighted by Gasteiger charge is 2.30. The van der Waals surface area contributed by atoms with Crippen LogP contribution in [0.15, 0.2) is 41.0 Å². The number of aromatic nitrogens is 4. The molecule has 3 aromatic heterocycles. The summed E-state index contributed by atoms with van der Waals surface area (Å²) in [6.07, 6.45) is 4.62. The molecule has 0 aliphatic carbocycles. The van der Waals surface area contributed by atoms with Crippen LogP contribution in [0.1, 0.15) is 32.2 Å². The van der Waals surface area contributed by atoms with E-state index >= 15 is 0 Å². The minimum Gasteiger partial charge on any atom is -0.274 e. The molecule has 0 aromatic carbocycles. The first-order valence-corrected chi connectivity index (χ1v) is 10.9. The Bertz CT molecular complexity index is 1100. The lowest BCUT2D eigenvalue weighted by atomic mass is 9.92. The number of carbonyl (C=O) groups excluding carboxylic acids is 1. The van der Waals surface area contributed by atoms with Crippen LogP contribution >= 0.6 is 11.3 Å². The molecule has 10 heteroatoms. The van der Waals surface area contributed by atoms with Crippen LogP contribution < -0.4 is 4.72 Å². The normalized spacial score (nSPS) is 12.1. The Balaban J connectivity index is 1.76. The SMILES string of the molecule is Cn1cc(S(=O)(=O)NC(=O)Cc2csc(-c3cccnc3)n2)c(C(C)(C)C)n1. The van der Waals surface area contributed by atoms with E-state index < -0.39 is 21.3 Å². The Kier molecular flexibility index (Phi) is 5.35. The van der Waals surface area contributed by atoms with Crippen LogP contribution in [0.4, 0.5) is 0 Å². The molecule has 0 radical (unpaired) electrons. The largest absolute Gasteiger partial charge is 0.274 e. The molecule has 0 fully saturated rings. The fourth-order valence-electron chi connectivity index (χ4n) is 2.60. The molecule has 8 nitrogen and oxygen atoms in total. The number of nitrogens with zero attached hydrogens (tertiary/aromatic N) is 4. The summed E-state index contributed by atoms with van der Waals surface area (Å²) in [5, 5.41) is 6.70. The standard InChI is InChI=1S/C18H21N5O3S2/c1-18(2,3)16-14(10-23(4)21-16)28(25,26)22-15(24)8-13-11-27-17(20-13)12-6-5-7-19-9-12/h5-7,9-11H,8H2,1-4H3,(H,22,24). The maximum atomic E-state index is 12.7. The number of thiazole rings is 1.